The molecule has 0 unspecified atom stereocenters. The Labute approximate surface area is 84.3 Å². The van der Waals surface area contributed by atoms with E-state index in [0.717, 1.165) is 17.1 Å². The van der Waals surface area contributed by atoms with Crippen molar-refractivity contribution in [2.75, 3.05) is 19.5 Å². The molecule has 0 aromatic heterocycles. The molecule has 0 saturated carbocycles. The van der Waals surface area contributed by atoms with Crippen LogP contribution in [0.15, 0.2) is 18.2 Å². The third-order valence-corrected chi connectivity index (χ3v) is 1.85. The predicted octanol–water partition coefficient (Wildman–Crippen LogP) is 2.31. The molecule has 0 N–H and O–H groups in total. The van der Waals surface area contributed by atoms with Gasteiger partial charge in [0.2, 0.25) is 0 Å². The largest absolute Gasteiger partial charge is 0.493 e. The van der Waals surface area contributed by atoms with Crippen LogP contribution in [0, 0.1) is 6.92 Å². The van der Waals surface area contributed by atoms with Gasteiger partial charge in [0, 0.05) is 5.75 Å². The minimum Gasteiger partial charge on any atom is -0.493 e. The van der Waals surface area contributed by atoms with E-state index in [0.29, 0.717) is 12.4 Å². The van der Waals surface area contributed by atoms with Gasteiger partial charge in [-0.1, -0.05) is 6.07 Å². The molecular weight excluding hydrogens is 184 g/mol. The Balaban J connectivity index is 2.79. The van der Waals surface area contributed by atoms with Crippen molar-refractivity contribution in [3.63, 3.8) is 0 Å². The molecule has 13 heavy (non-hydrogen) atoms. The highest BCUT2D eigenvalue weighted by Gasteiger charge is 2.02. The van der Waals surface area contributed by atoms with E-state index in [1.54, 1.807) is 7.11 Å². The summed E-state index contributed by atoms with van der Waals surface area (Å²) >= 11 is 4.07. The van der Waals surface area contributed by atoms with Gasteiger partial charge in [-0.3, -0.25) is 0 Å². The van der Waals surface area contributed by atoms with Crippen LogP contribution >= 0.6 is 12.6 Å². The lowest BCUT2D eigenvalue weighted by atomic mass is 10.2. The molecule has 0 saturated heterocycles. The van der Waals surface area contributed by atoms with Gasteiger partial charge in [-0.25, -0.2) is 0 Å². The second-order valence-electron chi connectivity index (χ2n) is 2.73. The predicted molar refractivity (Wildman–Crippen MR) is 57.1 cm³/mol. The van der Waals surface area contributed by atoms with Gasteiger partial charge in [-0.15, -0.1) is 0 Å². The van der Waals surface area contributed by atoms with Gasteiger partial charge in [-0.05, 0) is 24.6 Å². The molecule has 0 bridgehead atoms. The van der Waals surface area contributed by atoms with E-state index < -0.39 is 0 Å². The van der Waals surface area contributed by atoms with Gasteiger partial charge in [0.05, 0.1) is 13.7 Å². The standard InChI is InChI=1S/C10H14O2S/c1-8-3-4-9(12-5-6-13)10(7-8)11-2/h3-4,7,13H,5-6H2,1-2H3. The highest BCUT2D eigenvalue weighted by Crippen LogP contribution is 2.27. The first-order chi connectivity index (χ1) is 6.27. The van der Waals surface area contributed by atoms with Crippen molar-refractivity contribution in [1.82, 2.24) is 0 Å². The Kier molecular flexibility index (Phi) is 3.96. The maximum atomic E-state index is 5.43. The zero-order valence-corrected chi connectivity index (χ0v) is 8.80. The number of methoxy groups -OCH3 is 1. The molecule has 0 radical (unpaired) electrons. The summed E-state index contributed by atoms with van der Waals surface area (Å²) in [6, 6.07) is 5.86. The van der Waals surface area contributed by atoms with E-state index in [-0.39, 0.29) is 0 Å². The fourth-order valence-corrected chi connectivity index (χ4v) is 1.14. The fourth-order valence-electron chi connectivity index (χ4n) is 1.05. The van der Waals surface area contributed by atoms with Gasteiger partial charge in [0.15, 0.2) is 11.5 Å². The number of hydrogen-bond donors (Lipinski definition) is 1. The van der Waals surface area contributed by atoms with E-state index in [1.807, 2.05) is 25.1 Å². The lowest BCUT2D eigenvalue weighted by Crippen LogP contribution is -2.00. The molecule has 0 spiro atoms. The van der Waals surface area contributed by atoms with Crippen molar-refractivity contribution >= 4 is 12.6 Å². The molecule has 0 aliphatic rings. The number of hydrogen-bond acceptors (Lipinski definition) is 3. The van der Waals surface area contributed by atoms with Crippen molar-refractivity contribution in [3.8, 4) is 11.5 Å². The lowest BCUT2D eigenvalue weighted by Gasteiger charge is -2.09. The van der Waals surface area contributed by atoms with Gasteiger partial charge in [0.25, 0.3) is 0 Å². The Hall–Kier alpha value is -0.830. The van der Waals surface area contributed by atoms with Crippen molar-refractivity contribution in [2.45, 2.75) is 6.92 Å². The van der Waals surface area contributed by atoms with Crippen LogP contribution in [0.5, 0.6) is 11.5 Å². The summed E-state index contributed by atoms with van der Waals surface area (Å²) in [4.78, 5) is 0. The zero-order valence-electron chi connectivity index (χ0n) is 7.91. The molecule has 1 aromatic carbocycles. The molecule has 0 aliphatic carbocycles. The SMILES string of the molecule is COc1cc(C)ccc1OCCS. The minimum absolute atomic E-state index is 0.600. The third kappa shape index (κ3) is 2.84. The number of ether oxygens (including phenoxy) is 2. The first-order valence-electron chi connectivity index (χ1n) is 4.16. The second-order valence-corrected chi connectivity index (χ2v) is 3.17. The highest BCUT2D eigenvalue weighted by atomic mass is 32.1. The third-order valence-electron chi connectivity index (χ3n) is 1.67. The van der Waals surface area contributed by atoms with Gasteiger partial charge in [0.1, 0.15) is 0 Å². The molecule has 0 fully saturated rings. The maximum Gasteiger partial charge on any atom is 0.161 e. The molecule has 0 amide bonds. The molecule has 3 heteroatoms. The van der Waals surface area contributed by atoms with Gasteiger partial charge in [-0.2, -0.15) is 12.6 Å². The summed E-state index contributed by atoms with van der Waals surface area (Å²) in [6.45, 7) is 2.62. The first-order valence-corrected chi connectivity index (χ1v) is 4.79. The summed E-state index contributed by atoms with van der Waals surface area (Å²) in [7, 11) is 1.64. The highest BCUT2D eigenvalue weighted by molar-refractivity contribution is 7.80. The summed E-state index contributed by atoms with van der Waals surface area (Å²) in [6.07, 6.45) is 0. The smallest absolute Gasteiger partial charge is 0.161 e. The monoisotopic (exact) mass is 198 g/mol. The van der Waals surface area contributed by atoms with Crippen LogP contribution < -0.4 is 9.47 Å². The molecule has 0 aliphatic heterocycles. The number of aryl methyl sites for hydroxylation is 1. The van der Waals surface area contributed by atoms with E-state index in [4.69, 9.17) is 9.47 Å². The molecule has 1 aromatic rings. The topological polar surface area (TPSA) is 18.5 Å². The van der Waals surface area contributed by atoms with Crippen LogP contribution in [0.1, 0.15) is 5.56 Å². The Morgan fingerprint density at radius 3 is 2.69 bits per heavy atom. The summed E-state index contributed by atoms with van der Waals surface area (Å²) in [5.74, 6) is 2.26. The van der Waals surface area contributed by atoms with E-state index in [1.165, 1.54) is 0 Å². The van der Waals surface area contributed by atoms with Crippen LogP contribution in [0.2, 0.25) is 0 Å². The fraction of sp³-hybridized carbons (Fsp3) is 0.400. The van der Waals surface area contributed by atoms with Crippen LogP contribution in [0.4, 0.5) is 0 Å². The normalized spacial score (nSPS) is 9.77. The summed E-state index contributed by atoms with van der Waals surface area (Å²) in [5, 5.41) is 0. The Morgan fingerprint density at radius 1 is 1.31 bits per heavy atom. The molecule has 2 nitrogen and oxygen atoms in total. The molecule has 72 valence electrons. The van der Waals surface area contributed by atoms with Crippen LogP contribution in [0.25, 0.3) is 0 Å². The van der Waals surface area contributed by atoms with Crippen molar-refractivity contribution in [3.05, 3.63) is 23.8 Å². The zero-order chi connectivity index (χ0) is 9.68. The molecule has 0 heterocycles. The lowest BCUT2D eigenvalue weighted by molar-refractivity contribution is 0.313. The van der Waals surface area contributed by atoms with E-state index >= 15 is 0 Å². The Morgan fingerprint density at radius 2 is 2.08 bits per heavy atom. The van der Waals surface area contributed by atoms with Crippen LogP contribution in [0.3, 0.4) is 0 Å². The first kappa shape index (κ1) is 10.3. The molecule has 0 atom stereocenters. The molecule has 1 rings (SSSR count). The van der Waals surface area contributed by atoms with Crippen LogP contribution in [-0.4, -0.2) is 19.5 Å². The quantitative estimate of drug-likeness (QED) is 0.748. The number of rotatable bonds is 4. The van der Waals surface area contributed by atoms with E-state index in [2.05, 4.69) is 12.6 Å². The van der Waals surface area contributed by atoms with Gasteiger partial charge < -0.3 is 9.47 Å². The van der Waals surface area contributed by atoms with Crippen molar-refractivity contribution in [2.24, 2.45) is 0 Å². The van der Waals surface area contributed by atoms with Crippen molar-refractivity contribution < 1.29 is 9.47 Å². The van der Waals surface area contributed by atoms with Gasteiger partial charge >= 0.3 is 0 Å². The average Bonchev–Trinajstić information content (AvgIpc) is 2.16. The minimum atomic E-state index is 0.600. The number of benzene rings is 1. The number of thiol groups is 1. The summed E-state index contributed by atoms with van der Waals surface area (Å²) < 4.78 is 10.6. The van der Waals surface area contributed by atoms with E-state index in [9.17, 15) is 0 Å². The van der Waals surface area contributed by atoms with Crippen molar-refractivity contribution in [1.29, 1.82) is 0 Å². The Bertz CT molecular complexity index is 274. The molecular formula is C10H14O2S. The summed E-state index contributed by atoms with van der Waals surface area (Å²) in [5.41, 5.74) is 1.16. The maximum absolute atomic E-state index is 5.43. The average molecular weight is 198 g/mol. The van der Waals surface area contributed by atoms with Crippen LogP contribution in [-0.2, 0) is 0 Å². The second kappa shape index (κ2) is 5.02.